The molecule has 0 aromatic rings. The van der Waals surface area contributed by atoms with Gasteiger partial charge in [-0.2, -0.15) is 0 Å². The summed E-state index contributed by atoms with van der Waals surface area (Å²) in [5.74, 6) is 0. The largest absolute Gasteiger partial charge is 0.389 e. The number of hydrogen-bond acceptors (Lipinski definition) is 3. The Morgan fingerprint density at radius 3 is 2.78 bits per heavy atom. The third kappa shape index (κ3) is 7.85. The molecule has 1 unspecified atom stereocenters. The molecule has 0 fully saturated rings. The molecule has 3 heteroatoms. The summed E-state index contributed by atoms with van der Waals surface area (Å²) in [4.78, 5) is 0. The van der Waals surface area contributed by atoms with E-state index in [1.807, 2.05) is 20.8 Å². The van der Waals surface area contributed by atoms with Gasteiger partial charge in [0, 0.05) is 6.54 Å². The Kier molecular flexibility index (Phi) is 6.90. The van der Waals surface area contributed by atoms with Gasteiger partial charge in [-0.15, -0.1) is 0 Å². The highest BCUT2D eigenvalue weighted by Gasteiger charge is 2.13. The van der Waals surface area contributed by atoms with Gasteiger partial charge in [0.25, 0.3) is 0 Å². The second kappa shape index (κ2) is 7.93. The van der Waals surface area contributed by atoms with Gasteiger partial charge in [-0.05, 0) is 59.4 Å². The van der Waals surface area contributed by atoms with Crippen LogP contribution in [-0.4, -0.2) is 36.5 Å². The maximum atomic E-state index is 9.75. The van der Waals surface area contributed by atoms with Crippen molar-refractivity contribution in [2.24, 2.45) is 0 Å². The fourth-order valence-electron chi connectivity index (χ4n) is 2.05. The molecule has 0 bridgehead atoms. The number of aliphatic hydroxyl groups excluding tert-OH is 1. The molecule has 0 radical (unpaired) electrons. The van der Waals surface area contributed by atoms with Crippen molar-refractivity contribution in [1.29, 1.82) is 0 Å². The van der Waals surface area contributed by atoms with E-state index in [-0.39, 0.29) is 5.60 Å². The molecule has 0 aliphatic heterocycles. The van der Waals surface area contributed by atoms with Crippen LogP contribution in [0.1, 0.15) is 52.9 Å². The molecular formula is C15H29NO2. The van der Waals surface area contributed by atoms with E-state index in [1.165, 1.54) is 25.7 Å². The summed E-state index contributed by atoms with van der Waals surface area (Å²) in [5, 5.41) is 13.0. The summed E-state index contributed by atoms with van der Waals surface area (Å²) in [5.41, 5.74) is 1.41. The number of aliphatic hydroxyl groups is 1. The zero-order chi connectivity index (χ0) is 13.4. The van der Waals surface area contributed by atoms with Gasteiger partial charge in [0.1, 0.15) is 0 Å². The van der Waals surface area contributed by atoms with Gasteiger partial charge in [-0.1, -0.05) is 11.6 Å². The maximum Gasteiger partial charge on any atom is 0.0897 e. The van der Waals surface area contributed by atoms with E-state index in [9.17, 15) is 5.11 Å². The summed E-state index contributed by atoms with van der Waals surface area (Å²) in [6.07, 6.45) is 8.28. The maximum absolute atomic E-state index is 9.75. The smallest absolute Gasteiger partial charge is 0.0897 e. The average Bonchev–Trinajstić information content (AvgIpc) is 2.33. The van der Waals surface area contributed by atoms with Crippen LogP contribution in [0.15, 0.2) is 11.6 Å². The Hall–Kier alpha value is -0.380. The van der Waals surface area contributed by atoms with E-state index >= 15 is 0 Å². The first kappa shape index (κ1) is 15.7. The minimum atomic E-state index is -0.412. The fourth-order valence-corrected chi connectivity index (χ4v) is 2.05. The Morgan fingerprint density at radius 2 is 2.17 bits per heavy atom. The lowest BCUT2D eigenvalue weighted by Crippen LogP contribution is -2.34. The molecule has 1 atom stereocenters. The molecule has 0 aromatic heterocycles. The molecule has 0 saturated carbocycles. The van der Waals surface area contributed by atoms with Crippen molar-refractivity contribution in [3.63, 3.8) is 0 Å². The molecule has 0 saturated heterocycles. The van der Waals surface area contributed by atoms with Crippen LogP contribution in [0.5, 0.6) is 0 Å². The van der Waals surface area contributed by atoms with E-state index < -0.39 is 6.10 Å². The fraction of sp³-hybridized carbons (Fsp3) is 0.867. The molecule has 2 N–H and O–H groups in total. The van der Waals surface area contributed by atoms with Crippen molar-refractivity contribution >= 4 is 0 Å². The van der Waals surface area contributed by atoms with Crippen LogP contribution < -0.4 is 5.32 Å². The topological polar surface area (TPSA) is 41.5 Å². The lowest BCUT2D eigenvalue weighted by atomic mass is 9.97. The summed E-state index contributed by atoms with van der Waals surface area (Å²) >= 11 is 0. The number of ether oxygens (including phenoxy) is 1. The minimum Gasteiger partial charge on any atom is -0.389 e. The third-order valence-corrected chi connectivity index (χ3v) is 3.10. The van der Waals surface area contributed by atoms with Gasteiger partial charge < -0.3 is 15.2 Å². The van der Waals surface area contributed by atoms with Crippen LogP contribution in [0.2, 0.25) is 0 Å². The van der Waals surface area contributed by atoms with Crippen molar-refractivity contribution in [2.75, 3.05) is 19.7 Å². The molecule has 0 spiro atoms. The molecule has 1 aliphatic carbocycles. The zero-order valence-corrected chi connectivity index (χ0v) is 12.2. The highest BCUT2D eigenvalue weighted by molar-refractivity contribution is 5.05. The van der Waals surface area contributed by atoms with E-state index in [2.05, 4.69) is 11.4 Å². The molecule has 1 rings (SSSR count). The van der Waals surface area contributed by atoms with Gasteiger partial charge >= 0.3 is 0 Å². The molecule has 0 aromatic carbocycles. The summed E-state index contributed by atoms with van der Waals surface area (Å²) in [6, 6.07) is 0. The second-order valence-electron chi connectivity index (χ2n) is 6.14. The Bertz CT molecular complexity index is 256. The van der Waals surface area contributed by atoms with Crippen LogP contribution >= 0.6 is 0 Å². The van der Waals surface area contributed by atoms with Crippen LogP contribution in [0.3, 0.4) is 0 Å². The number of allylic oxidation sites excluding steroid dienone is 1. The van der Waals surface area contributed by atoms with Crippen molar-refractivity contribution in [2.45, 2.75) is 64.6 Å². The summed E-state index contributed by atoms with van der Waals surface area (Å²) < 4.78 is 5.54. The SMILES string of the molecule is CC(C)(C)OCC(O)CNCCC1=CCCCC1. The van der Waals surface area contributed by atoms with E-state index in [4.69, 9.17) is 4.74 Å². The minimum absolute atomic E-state index is 0.173. The first-order valence-electron chi connectivity index (χ1n) is 7.18. The van der Waals surface area contributed by atoms with Gasteiger partial charge in [0.05, 0.1) is 18.3 Å². The number of hydrogen-bond donors (Lipinski definition) is 2. The highest BCUT2D eigenvalue weighted by atomic mass is 16.5. The standard InChI is InChI=1S/C15H29NO2/c1-15(2,3)18-12-14(17)11-16-10-9-13-7-5-4-6-8-13/h7,14,16-17H,4-6,8-12H2,1-3H3. The van der Waals surface area contributed by atoms with Crippen LogP contribution in [0, 0.1) is 0 Å². The second-order valence-corrected chi connectivity index (χ2v) is 6.14. The number of nitrogens with one attached hydrogen (secondary N) is 1. The zero-order valence-electron chi connectivity index (χ0n) is 12.2. The molecule has 0 heterocycles. The molecule has 0 amide bonds. The Morgan fingerprint density at radius 1 is 1.39 bits per heavy atom. The normalized spacial score (nSPS) is 18.6. The van der Waals surface area contributed by atoms with E-state index in [1.54, 1.807) is 5.57 Å². The lowest BCUT2D eigenvalue weighted by Gasteiger charge is -2.22. The van der Waals surface area contributed by atoms with Crippen molar-refractivity contribution in [3.8, 4) is 0 Å². The first-order chi connectivity index (χ1) is 8.47. The summed E-state index contributed by atoms with van der Waals surface area (Å²) in [7, 11) is 0. The van der Waals surface area contributed by atoms with Gasteiger partial charge in [-0.3, -0.25) is 0 Å². The Balaban J connectivity index is 2.01. The van der Waals surface area contributed by atoms with Crippen LogP contribution in [0.25, 0.3) is 0 Å². The van der Waals surface area contributed by atoms with Gasteiger partial charge in [0.2, 0.25) is 0 Å². The molecule has 1 aliphatic rings. The van der Waals surface area contributed by atoms with Crippen molar-refractivity contribution < 1.29 is 9.84 Å². The van der Waals surface area contributed by atoms with Crippen LogP contribution in [-0.2, 0) is 4.74 Å². The van der Waals surface area contributed by atoms with E-state index in [0.29, 0.717) is 13.2 Å². The quantitative estimate of drug-likeness (QED) is 0.543. The lowest BCUT2D eigenvalue weighted by molar-refractivity contribution is -0.0477. The summed E-state index contributed by atoms with van der Waals surface area (Å²) in [6.45, 7) is 7.98. The molecular weight excluding hydrogens is 226 g/mol. The number of rotatable bonds is 7. The van der Waals surface area contributed by atoms with Crippen LogP contribution in [0.4, 0.5) is 0 Å². The van der Waals surface area contributed by atoms with E-state index in [0.717, 1.165) is 13.0 Å². The predicted octanol–water partition coefficient (Wildman–Crippen LogP) is 2.64. The average molecular weight is 255 g/mol. The molecule has 3 nitrogen and oxygen atoms in total. The monoisotopic (exact) mass is 255 g/mol. The molecule has 18 heavy (non-hydrogen) atoms. The Labute approximate surface area is 112 Å². The first-order valence-corrected chi connectivity index (χ1v) is 7.18. The van der Waals surface area contributed by atoms with Crippen molar-refractivity contribution in [3.05, 3.63) is 11.6 Å². The molecule has 106 valence electrons. The highest BCUT2D eigenvalue weighted by Crippen LogP contribution is 2.19. The van der Waals surface area contributed by atoms with Crippen molar-refractivity contribution in [1.82, 2.24) is 5.32 Å². The third-order valence-electron chi connectivity index (χ3n) is 3.10. The van der Waals surface area contributed by atoms with Gasteiger partial charge in [0.15, 0.2) is 0 Å². The predicted molar refractivity (Wildman–Crippen MR) is 75.7 cm³/mol. The van der Waals surface area contributed by atoms with Gasteiger partial charge in [-0.25, -0.2) is 0 Å².